The van der Waals surface area contributed by atoms with Gasteiger partial charge < -0.3 is 14.9 Å². The third-order valence-electron chi connectivity index (χ3n) is 3.17. The van der Waals surface area contributed by atoms with E-state index in [9.17, 15) is 10.2 Å². The largest absolute Gasteiger partial charge is 0.504 e. The molecule has 0 heterocycles. The van der Waals surface area contributed by atoms with Gasteiger partial charge in [-0.15, -0.1) is 0 Å². The zero-order chi connectivity index (χ0) is 13.4. The maximum absolute atomic E-state index is 10.0. The fourth-order valence-electron chi connectivity index (χ4n) is 2.02. The third kappa shape index (κ3) is 4.57. The second-order valence-electron chi connectivity index (χ2n) is 4.65. The van der Waals surface area contributed by atoms with Crippen molar-refractivity contribution in [2.75, 3.05) is 7.11 Å². The lowest BCUT2D eigenvalue weighted by atomic mass is 10.0. The van der Waals surface area contributed by atoms with Gasteiger partial charge in [0.2, 0.25) is 0 Å². The topological polar surface area (TPSA) is 49.7 Å². The molecule has 0 saturated heterocycles. The fraction of sp³-hybridized carbons (Fsp3) is 0.600. The molecule has 0 aliphatic carbocycles. The van der Waals surface area contributed by atoms with Crippen molar-refractivity contribution in [3.05, 3.63) is 23.8 Å². The second-order valence-corrected chi connectivity index (χ2v) is 4.65. The molecule has 1 rings (SSSR count). The Kier molecular flexibility index (Phi) is 6.58. The summed E-state index contributed by atoms with van der Waals surface area (Å²) in [7, 11) is 1.51. The average molecular weight is 252 g/mol. The Hall–Kier alpha value is -1.22. The average Bonchev–Trinajstić information content (AvgIpc) is 2.38. The minimum Gasteiger partial charge on any atom is -0.504 e. The highest BCUT2D eigenvalue weighted by molar-refractivity contribution is 5.42. The normalized spacial score (nSPS) is 12.4. The van der Waals surface area contributed by atoms with Gasteiger partial charge in [0.25, 0.3) is 0 Å². The zero-order valence-electron chi connectivity index (χ0n) is 11.4. The van der Waals surface area contributed by atoms with Crippen LogP contribution in [-0.4, -0.2) is 17.3 Å². The summed E-state index contributed by atoms with van der Waals surface area (Å²) in [5.41, 5.74) is 0.754. The molecule has 0 fully saturated rings. The number of rotatable bonds is 8. The van der Waals surface area contributed by atoms with Crippen LogP contribution in [-0.2, 0) is 0 Å². The van der Waals surface area contributed by atoms with Crippen LogP contribution < -0.4 is 4.74 Å². The minimum atomic E-state index is -0.497. The first-order valence-corrected chi connectivity index (χ1v) is 6.74. The van der Waals surface area contributed by atoms with Gasteiger partial charge in [0.15, 0.2) is 11.5 Å². The van der Waals surface area contributed by atoms with Crippen molar-refractivity contribution in [1.82, 2.24) is 0 Å². The van der Waals surface area contributed by atoms with Crippen LogP contribution in [0.2, 0.25) is 0 Å². The lowest BCUT2D eigenvalue weighted by Crippen LogP contribution is -1.98. The van der Waals surface area contributed by atoms with Crippen LogP contribution in [0.1, 0.15) is 57.1 Å². The lowest BCUT2D eigenvalue weighted by Gasteiger charge is -2.12. The number of benzene rings is 1. The molecule has 3 nitrogen and oxygen atoms in total. The maximum atomic E-state index is 10.0. The van der Waals surface area contributed by atoms with Crippen LogP contribution in [0.5, 0.6) is 11.5 Å². The number of phenols is 1. The van der Waals surface area contributed by atoms with Gasteiger partial charge in [-0.25, -0.2) is 0 Å². The summed E-state index contributed by atoms with van der Waals surface area (Å²) in [6.07, 6.45) is 6.16. The molecule has 0 bridgehead atoms. The van der Waals surface area contributed by atoms with Gasteiger partial charge in [-0.3, -0.25) is 0 Å². The molecule has 3 heteroatoms. The Morgan fingerprint density at radius 1 is 1.17 bits per heavy atom. The number of phenolic OH excluding ortho intramolecular Hbond substituents is 1. The van der Waals surface area contributed by atoms with Gasteiger partial charge in [-0.05, 0) is 24.1 Å². The first-order valence-electron chi connectivity index (χ1n) is 6.74. The van der Waals surface area contributed by atoms with Crippen LogP contribution >= 0.6 is 0 Å². The quantitative estimate of drug-likeness (QED) is 0.692. The number of hydrogen-bond acceptors (Lipinski definition) is 3. The molecule has 0 aliphatic rings. The summed E-state index contributed by atoms with van der Waals surface area (Å²) < 4.78 is 4.97. The number of unbranched alkanes of at least 4 members (excludes halogenated alkanes) is 4. The Labute approximate surface area is 109 Å². The van der Waals surface area contributed by atoms with Crippen LogP contribution in [0.4, 0.5) is 0 Å². The predicted molar refractivity (Wildman–Crippen MR) is 73.0 cm³/mol. The standard InChI is InChI=1S/C15H24O3/c1-3-4-5-6-7-8-13(16)12-9-10-15(18-2)14(17)11-12/h9-11,13,16-17H,3-8H2,1-2H3. The van der Waals surface area contributed by atoms with Crippen molar-refractivity contribution < 1.29 is 14.9 Å². The lowest BCUT2D eigenvalue weighted by molar-refractivity contribution is 0.163. The predicted octanol–water partition coefficient (Wildman–Crippen LogP) is 3.79. The van der Waals surface area contributed by atoms with Crippen LogP contribution in [0.25, 0.3) is 0 Å². The highest BCUT2D eigenvalue weighted by Crippen LogP contribution is 2.30. The number of ether oxygens (including phenoxy) is 1. The van der Waals surface area contributed by atoms with Crippen LogP contribution in [0, 0.1) is 0 Å². The summed E-state index contributed by atoms with van der Waals surface area (Å²) in [6.45, 7) is 2.19. The molecule has 0 amide bonds. The van der Waals surface area contributed by atoms with E-state index in [4.69, 9.17) is 4.74 Å². The van der Waals surface area contributed by atoms with E-state index >= 15 is 0 Å². The zero-order valence-corrected chi connectivity index (χ0v) is 11.4. The van der Waals surface area contributed by atoms with E-state index in [0.717, 1.165) is 24.8 Å². The molecule has 0 radical (unpaired) electrons. The van der Waals surface area contributed by atoms with Crippen molar-refractivity contribution >= 4 is 0 Å². The molecular formula is C15H24O3. The molecule has 18 heavy (non-hydrogen) atoms. The molecule has 0 saturated carbocycles. The maximum Gasteiger partial charge on any atom is 0.160 e. The Morgan fingerprint density at radius 3 is 2.50 bits per heavy atom. The van der Waals surface area contributed by atoms with E-state index in [2.05, 4.69) is 6.92 Å². The van der Waals surface area contributed by atoms with Gasteiger partial charge in [0, 0.05) is 0 Å². The SMILES string of the molecule is CCCCCCCC(O)c1ccc(OC)c(O)c1. The van der Waals surface area contributed by atoms with Crippen molar-refractivity contribution in [3.8, 4) is 11.5 Å². The number of aromatic hydroxyl groups is 1. The van der Waals surface area contributed by atoms with E-state index in [1.807, 2.05) is 0 Å². The molecule has 0 spiro atoms. The van der Waals surface area contributed by atoms with Gasteiger partial charge >= 0.3 is 0 Å². The van der Waals surface area contributed by atoms with Gasteiger partial charge in [0.05, 0.1) is 13.2 Å². The number of aliphatic hydroxyl groups excluding tert-OH is 1. The van der Waals surface area contributed by atoms with Crippen molar-refractivity contribution in [3.63, 3.8) is 0 Å². The Balaban J connectivity index is 2.41. The summed E-state index contributed by atoms with van der Waals surface area (Å²) in [4.78, 5) is 0. The molecular weight excluding hydrogens is 228 g/mol. The highest BCUT2D eigenvalue weighted by Gasteiger charge is 2.10. The molecule has 1 aromatic rings. The number of hydrogen-bond donors (Lipinski definition) is 2. The minimum absolute atomic E-state index is 0.0834. The summed E-state index contributed by atoms with van der Waals surface area (Å²) >= 11 is 0. The molecule has 102 valence electrons. The summed E-state index contributed by atoms with van der Waals surface area (Å²) in [5.74, 6) is 0.522. The number of methoxy groups -OCH3 is 1. The summed E-state index contributed by atoms with van der Waals surface area (Å²) in [5, 5.41) is 19.7. The van der Waals surface area contributed by atoms with Gasteiger partial charge in [-0.1, -0.05) is 45.1 Å². The highest BCUT2D eigenvalue weighted by atomic mass is 16.5. The van der Waals surface area contributed by atoms with Crippen molar-refractivity contribution in [2.24, 2.45) is 0 Å². The second kappa shape index (κ2) is 7.98. The summed E-state index contributed by atoms with van der Waals surface area (Å²) in [6, 6.07) is 5.07. The molecule has 1 unspecified atom stereocenters. The van der Waals surface area contributed by atoms with Crippen molar-refractivity contribution in [2.45, 2.75) is 51.6 Å². The molecule has 0 aromatic heterocycles. The van der Waals surface area contributed by atoms with E-state index in [-0.39, 0.29) is 5.75 Å². The first kappa shape index (κ1) is 14.8. The van der Waals surface area contributed by atoms with E-state index in [1.54, 1.807) is 18.2 Å². The molecule has 0 aliphatic heterocycles. The molecule has 1 atom stereocenters. The Morgan fingerprint density at radius 2 is 1.89 bits per heavy atom. The smallest absolute Gasteiger partial charge is 0.160 e. The fourth-order valence-corrected chi connectivity index (χ4v) is 2.02. The Bertz CT molecular complexity index is 350. The van der Waals surface area contributed by atoms with E-state index in [1.165, 1.54) is 26.4 Å². The monoisotopic (exact) mass is 252 g/mol. The van der Waals surface area contributed by atoms with Gasteiger partial charge in [0.1, 0.15) is 0 Å². The number of aliphatic hydroxyl groups is 1. The van der Waals surface area contributed by atoms with Crippen LogP contribution in [0.3, 0.4) is 0 Å². The third-order valence-corrected chi connectivity index (χ3v) is 3.17. The first-order chi connectivity index (χ1) is 8.69. The molecule has 1 aromatic carbocycles. The van der Waals surface area contributed by atoms with Gasteiger partial charge in [-0.2, -0.15) is 0 Å². The van der Waals surface area contributed by atoms with E-state index in [0.29, 0.717) is 5.75 Å². The van der Waals surface area contributed by atoms with E-state index < -0.39 is 6.10 Å². The van der Waals surface area contributed by atoms with Crippen LogP contribution in [0.15, 0.2) is 18.2 Å². The molecule has 2 N–H and O–H groups in total. The van der Waals surface area contributed by atoms with Crippen molar-refractivity contribution in [1.29, 1.82) is 0 Å².